The van der Waals surface area contributed by atoms with Crippen molar-refractivity contribution in [2.24, 2.45) is 0 Å². The van der Waals surface area contributed by atoms with E-state index in [9.17, 15) is 4.79 Å². The van der Waals surface area contributed by atoms with E-state index in [1.165, 1.54) is 0 Å². The summed E-state index contributed by atoms with van der Waals surface area (Å²) in [6.45, 7) is 0. The Morgan fingerprint density at radius 1 is 0.966 bits per heavy atom. The number of nitrogens with one attached hydrogen (secondary N) is 1. The van der Waals surface area contributed by atoms with Gasteiger partial charge in [-0.1, -0.05) is 41.9 Å². The van der Waals surface area contributed by atoms with E-state index < -0.39 is 5.91 Å². The predicted molar refractivity (Wildman–Crippen MR) is 113 cm³/mol. The molecule has 0 unspecified atom stereocenters. The summed E-state index contributed by atoms with van der Waals surface area (Å²) < 4.78 is 6.93. The molecule has 0 saturated carbocycles. The van der Waals surface area contributed by atoms with Gasteiger partial charge in [-0.15, -0.1) is 5.10 Å². The quantitative estimate of drug-likeness (QED) is 0.516. The second-order valence-corrected chi connectivity index (χ2v) is 6.60. The maximum Gasteiger partial charge on any atom is 0.295 e. The molecule has 0 bridgehead atoms. The average molecular weight is 405 g/mol. The zero-order valence-corrected chi connectivity index (χ0v) is 16.3. The number of halogens is 1. The van der Waals surface area contributed by atoms with Gasteiger partial charge in [0, 0.05) is 10.6 Å². The van der Waals surface area contributed by atoms with Crippen LogP contribution in [-0.2, 0) is 0 Å². The minimum atomic E-state index is -0.431. The van der Waals surface area contributed by atoms with Crippen molar-refractivity contribution in [3.8, 4) is 22.8 Å². The van der Waals surface area contributed by atoms with Crippen molar-refractivity contribution >= 4 is 23.2 Å². The van der Waals surface area contributed by atoms with Gasteiger partial charge in [-0.25, -0.2) is 9.67 Å². The van der Waals surface area contributed by atoms with Crippen molar-refractivity contribution < 1.29 is 9.53 Å². The molecule has 1 N–H and O–H groups in total. The van der Waals surface area contributed by atoms with Crippen LogP contribution in [-0.4, -0.2) is 27.8 Å². The van der Waals surface area contributed by atoms with Gasteiger partial charge < -0.3 is 10.1 Å². The lowest BCUT2D eigenvalue weighted by Crippen LogP contribution is -2.14. The maximum absolute atomic E-state index is 12.8. The lowest BCUT2D eigenvalue weighted by Gasteiger charge is -2.07. The number of carbonyl (C=O) groups is 1. The van der Waals surface area contributed by atoms with E-state index in [1.807, 2.05) is 54.6 Å². The molecular formula is C22H17ClN4O2. The standard InChI is InChI=1S/C22H17ClN4O2/c1-29-19-10-6-5-9-18(19)24-22(28)20-25-21(15-11-13-16(23)14-12-15)27(26-20)17-7-3-2-4-8-17/h2-14H,1H3,(H,24,28). The smallest absolute Gasteiger partial charge is 0.295 e. The summed E-state index contributed by atoms with van der Waals surface area (Å²) in [7, 11) is 1.55. The molecule has 0 aliphatic carbocycles. The van der Waals surface area contributed by atoms with Crippen LogP contribution in [0.25, 0.3) is 17.1 Å². The number of aromatic nitrogens is 3. The molecule has 3 aromatic carbocycles. The van der Waals surface area contributed by atoms with Crippen molar-refractivity contribution in [1.29, 1.82) is 0 Å². The molecule has 0 radical (unpaired) electrons. The Kier molecular flexibility index (Phi) is 5.27. The van der Waals surface area contributed by atoms with Gasteiger partial charge in [0.1, 0.15) is 5.75 Å². The van der Waals surface area contributed by atoms with Gasteiger partial charge in [0.05, 0.1) is 18.5 Å². The second-order valence-electron chi connectivity index (χ2n) is 6.17. The van der Waals surface area contributed by atoms with Crippen LogP contribution >= 0.6 is 11.6 Å². The lowest BCUT2D eigenvalue weighted by atomic mass is 10.2. The van der Waals surface area contributed by atoms with E-state index in [-0.39, 0.29) is 5.82 Å². The number of carbonyl (C=O) groups excluding carboxylic acids is 1. The van der Waals surface area contributed by atoms with E-state index in [0.717, 1.165) is 11.3 Å². The van der Waals surface area contributed by atoms with Crippen LogP contribution in [0.3, 0.4) is 0 Å². The minimum absolute atomic E-state index is 0.0460. The summed E-state index contributed by atoms with van der Waals surface area (Å²) in [5.41, 5.74) is 2.13. The number of nitrogens with zero attached hydrogens (tertiary/aromatic N) is 3. The Hall–Kier alpha value is -3.64. The maximum atomic E-state index is 12.8. The van der Waals surface area contributed by atoms with E-state index in [4.69, 9.17) is 16.3 Å². The van der Waals surface area contributed by atoms with Crippen molar-refractivity contribution in [2.45, 2.75) is 0 Å². The number of para-hydroxylation sites is 3. The van der Waals surface area contributed by atoms with Gasteiger partial charge in [0.2, 0.25) is 5.82 Å². The number of anilines is 1. The first-order valence-electron chi connectivity index (χ1n) is 8.88. The lowest BCUT2D eigenvalue weighted by molar-refractivity contribution is 0.101. The fourth-order valence-electron chi connectivity index (χ4n) is 2.87. The van der Waals surface area contributed by atoms with Crippen molar-refractivity contribution in [3.63, 3.8) is 0 Å². The van der Waals surface area contributed by atoms with Crippen LogP contribution in [0.4, 0.5) is 5.69 Å². The molecule has 0 spiro atoms. The zero-order chi connectivity index (χ0) is 20.2. The molecule has 0 aliphatic rings. The fraction of sp³-hybridized carbons (Fsp3) is 0.0455. The highest BCUT2D eigenvalue weighted by Crippen LogP contribution is 2.25. The number of hydrogen-bond donors (Lipinski definition) is 1. The fourth-order valence-corrected chi connectivity index (χ4v) is 3.00. The molecule has 0 aliphatic heterocycles. The number of rotatable bonds is 5. The first-order valence-corrected chi connectivity index (χ1v) is 9.26. The van der Waals surface area contributed by atoms with Gasteiger partial charge in [-0.05, 0) is 48.5 Å². The van der Waals surface area contributed by atoms with E-state index in [1.54, 1.807) is 36.1 Å². The van der Waals surface area contributed by atoms with Crippen molar-refractivity contribution in [1.82, 2.24) is 14.8 Å². The van der Waals surface area contributed by atoms with Gasteiger partial charge in [0.25, 0.3) is 5.91 Å². The largest absolute Gasteiger partial charge is 0.495 e. The van der Waals surface area contributed by atoms with E-state index in [2.05, 4.69) is 15.4 Å². The minimum Gasteiger partial charge on any atom is -0.495 e. The van der Waals surface area contributed by atoms with Crippen LogP contribution in [0.1, 0.15) is 10.6 Å². The zero-order valence-electron chi connectivity index (χ0n) is 15.5. The Morgan fingerprint density at radius 3 is 2.38 bits per heavy atom. The molecule has 4 rings (SSSR count). The van der Waals surface area contributed by atoms with E-state index in [0.29, 0.717) is 22.3 Å². The molecule has 29 heavy (non-hydrogen) atoms. The third kappa shape index (κ3) is 3.97. The molecule has 1 aromatic heterocycles. The van der Waals surface area contributed by atoms with Gasteiger partial charge in [-0.3, -0.25) is 4.79 Å². The SMILES string of the molecule is COc1ccccc1NC(=O)c1nc(-c2ccc(Cl)cc2)n(-c2ccccc2)n1. The highest BCUT2D eigenvalue weighted by Gasteiger charge is 2.19. The molecule has 144 valence electrons. The molecule has 0 saturated heterocycles. The number of methoxy groups -OCH3 is 1. The Labute approximate surface area is 172 Å². The molecule has 7 heteroatoms. The molecule has 0 fully saturated rings. The molecule has 4 aromatic rings. The van der Waals surface area contributed by atoms with Crippen LogP contribution < -0.4 is 10.1 Å². The third-order valence-electron chi connectivity index (χ3n) is 4.27. The Balaban J connectivity index is 1.74. The number of ether oxygens (including phenoxy) is 1. The monoisotopic (exact) mass is 404 g/mol. The number of benzene rings is 3. The third-order valence-corrected chi connectivity index (χ3v) is 4.52. The second kappa shape index (κ2) is 8.16. The van der Waals surface area contributed by atoms with Crippen molar-refractivity contribution in [2.75, 3.05) is 12.4 Å². The molecule has 0 atom stereocenters. The first-order chi connectivity index (χ1) is 14.2. The van der Waals surface area contributed by atoms with Crippen LogP contribution in [0.5, 0.6) is 5.75 Å². The molecule has 1 heterocycles. The summed E-state index contributed by atoms with van der Waals surface area (Å²) in [5, 5.41) is 7.88. The van der Waals surface area contributed by atoms with Gasteiger partial charge in [0.15, 0.2) is 5.82 Å². The molecular weight excluding hydrogens is 388 g/mol. The van der Waals surface area contributed by atoms with Crippen molar-refractivity contribution in [3.05, 3.63) is 89.7 Å². The summed E-state index contributed by atoms with van der Waals surface area (Å²) in [6.07, 6.45) is 0. The van der Waals surface area contributed by atoms with Gasteiger partial charge in [-0.2, -0.15) is 0 Å². The normalized spacial score (nSPS) is 10.6. The summed E-state index contributed by atoms with van der Waals surface area (Å²) in [5.74, 6) is 0.711. The first kappa shape index (κ1) is 18.7. The Bertz CT molecular complexity index is 1140. The summed E-state index contributed by atoms with van der Waals surface area (Å²) >= 11 is 6.01. The van der Waals surface area contributed by atoms with E-state index >= 15 is 0 Å². The number of hydrogen-bond acceptors (Lipinski definition) is 4. The summed E-state index contributed by atoms with van der Waals surface area (Å²) in [6, 6.07) is 23.9. The predicted octanol–water partition coefficient (Wildman–Crippen LogP) is 4.85. The summed E-state index contributed by atoms with van der Waals surface area (Å²) in [4.78, 5) is 17.3. The van der Waals surface area contributed by atoms with Crippen LogP contribution in [0, 0.1) is 0 Å². The topological polar surface area (TPSA) is 69.0 Å². The molecule has 1 amide bonds. The van der Waals surface area contributed by atoms with Crippen LogP contribution in [0.15, 0.2) is 78.9 Å². The Morgan fingerprint density at radius 2 is 1.66 bits per heavy atom. The van der Waals surface area contributed by atoms with Gasteiger partial charge >= 0.3 is 0 Å². The van der Waals surface area contributed by atoms with Crippen LogP contribution in [0.2, 0.25) is 5.02 Å². The average Bonchev–Trinajstić information content (AvgIpc) is 3.21. The highest BCUT2D eigenvalue weighted by molar-refractivity contribution is 6.30. The molecule has 6 nitrogen and oxygen atoms in total. The highest BCUT2D eigenvalue weighted by atomic mass is 35.5. The number of amides is 1.